The maximum atomic E-state index is 13.0. The lowest BCUT2D eigenvalue weighted by Gasteiger charge is -1.98. The molecule has 1 aromatic carbocycles. The Labute approximate surface area is 93.0 Å². The van der Waals surface area contributed by atoms with Crippen molar-refractivity contribution in [1.29, 1.82) is 0 Å². The van der Waals surface area contributed by atoms with Crippen LogP contribution in [0.3, 0.4) is 0 Å². The Kier molecular flexibility index (Phi) is 4.39. The van der Waals surface area contributed by atoms with Crippen molar-refractivity contribution in [3.8, 4) is 0 Å². The molecule has 0 saturated carbocycles. The van der Waals surface area contributed by atoms with Gasteiger partial charge in [-0.3, -0.25) is 9.59 Å². The lowest BCUT2D eigenvalue weighted by molar-refractivity contribution is -0.118. The first kappa shape index (κ1) is 12.1. The van der Waals surface area contributed by atoms with Gasteiger partial charge in [0.15, 0.2) is 0 Å². The molecule has 0 fully saturated rings. The third-order valence-electron chi connectivity index (χ3n) is 1.86. The van der Waals surface area contributed by atoms with Crippen LogP contribution in [-0.2, 0) is 4.79 Å². The summed E-state index contributed by atoms with van der Waals surface area (Å²) < 4.78 is 13.0. The summed E-state index contributed by atoms with van der Waals surface area (Å²) in [6.07, 6.45) is 3.92. The fourth-order valence-corrected chi connectivity index (χ4v) is 1.20. The first-order valence-electron chi connectivity index (χ1n) is 4.78. The molecule has 0 saturated heterocycles. The van der Waals surface area contributed by atoms with E-state index in [9.17, 15) is 14.0 Å². The van der Waals surface area contributed by atoms with E-state index < -0.39 is 5.82 Å². The van der Waals surface area contributed by atoms with Crippen LogP contribution in [0.25, 0.3) is 6.08 Å². The van der Waals surface area contributed by atoms with Gasteiger partial charge in [-0.05, 0) is 23.8 Å². The van der Waals surface area contributed by atoms with Crippen molar-refractivity contribution in [1.82, 2.24) is 5.32 Å². The van der Waals surface area contributed by atoms with Crippen LogP contribution >= 0.6 is 0 Å². The quantitative estimate of drug-likeness (QED) is 0.788. The van der Waals surface area contributed by atoms with Crippen LogP contribution in [0.4, 0.5) is 4.39 Å². The van der Waals surface area contributed by atoms with E-state index in [-0.39, 0.29) is 5.91 Å². The zero-order valence-electron chi connectivity index (χ0n) is 8.87. The minimum atomic E-state index is -0.455. The summed E-state index contributed by atoms with van der Waals surface area (Å²) >= 11 is 0. The van der Waals surface area contributed by atoms with E-state index in [0.29, 0.717) is 24.0 Å². The highest BCUT2D eigenvalue weighted by molar-refractivity contribution is 5.76. The van der Waals surface area contributed by atoms with Gasteiger partial charge in [0.05, 0.1) is 0 Å². The number of rotatable bonds is 4. The van der Waals surface area contributed by atoms with Crippen molar-refractivity contribution in [3.05, 3.63) is 41.2 Å². The van der Waals surface area contributed by atoms with Crippen LogP contribution in [0.1, 0.15) is 22.8 Å². The van der Waals surface area contributed by atoms with E-state index in [1.165, 1.54) is 13.0 Å². The maximum absolute atomic E-state index is 13.0. The molecular formula is C12H12FNO2. The zero-order chi connectivity index (χ0) is 12.0. The normalized spacial score (nSPS) is 10.4. The fourth-order valence-electron chi connectivity index (χ4n) is 1.20. The summed E-state index contributed by atoms with van der Waals surface area (Å²) in [5, 5.41) is 2.57. The number of aldehydes is 1. The average molecular weight is 221 g/mol. The van der Waals surface area contributed by atoms with Crippen molar-refractivity contribution >= 4 is 18.3 Å². The molecule has 4 heteroatoms. The smallest absolute Gasteiger partial charge is 0.217 e. The molecule has 0 unspecified atom stereocenters. The largest absolute Gasteiger partial charge is 0.353 e. The molecular weight excluding hydrogens is 209 g/mol. The topological polar surface area (TPSA) is 46.2 Å². The number of carbonyl (C=O) groups excluding carboxylic acids is 2. The molecule has 1 rings (SSSR count). The Balaban J connectivity index is 2.69. The molecule has 16 heavy (non-hydrogen) atoms. The van der Waals surface area contributed by atoms with Gasteiger partial charge in [0.25, 0.3) is 0 Å². The van der Waals surface area contributed by atoms with Gasteiger partial charge in [-0.1, -0.05) is 12.2 Å². The van der Waals surface area contributed by atoms with E-state index in [1.807, 2.05) is 0 Å². The highest BCUT2D eigenvalue weighted by Gasteiger charge is 1.97. The van der Waals surface area contributed by atoms with Crippen LogP contribution in [0.15, 0.2) is 24.3 Å². The second kappa shape index (κ2) is 5.80. The minimum Gasteiger partial charge on any atom is -0.353 e. The molecule has 0 bridgehead atoms. The number of hydrogen-bond donors (Lipinski definition) is 1. The van der Waals surface area contributed by atoms with Gasteiger partial charge in [0.2, 0.25) is 5.91 Å². The molecule has 84 valence electrons. The van der Waals surface area contributed by atoms with Crippen LogP contribution in [0.5, 0.6) is 0 Å². The number of amides is 1. The van der Waals surface area contributed by atoms with Gasteiger partial charge >= 0.3 is 0 Å². The van der Waals surface area contributed by atoms with Gasteiger partial charge < -0.3 is 5.32 Å². The summed E-state index contributed by atoms with van der Waals surface area (Å²) in [5.74, 6) is -0.582. The number of nitrogens with one attached hydrogen (secondary N) is 1. The summed E-state index contributed by atoms with van der Waals surface area (Å²) in [4.78, 5) is 21.0. The van der Waals surface area contributed by atoms with E-state index in [4.69, 9.17) is 0 Å². The Bertz CT molecular complexity index is 427. The molecule has 0 aliphatic carbocycles. The molecule has 0 aliphatic rings. The van der Waals surface area contributed by atoms with Crippen molar-refractivity contribution in [2.45, 2.75) is 6.92 Å². The van der Waals surface area contributed by atoms with E-state index in [2.05, 4.69) is 5.32 Å². The Morgan fingerprint density at radius 3 is 2.69 bits per heavy atom. The molecule has 0 aliphatic heterocycles. The van der Waals surface area contributed by atoms with Gasteiger partial charge in [-0.15, -0.1) is 0 Å². The standard InChI is InChI=1S/C12H12FNO2/c1-9(16)14-4-2-3-10-5-11(8-15)7-12(13)6-10/h2-3,5-8H,4H2,1H3,(H,14,16). The molecule has 1 amide bonds. The second-order valence-electron chi connectivity index (χ2n) is 3.28. The van der Waals surface area contributed by atoms with Crippen molar-refractivity contribution < 1.29 is 14.0 Å². The van der Waals surface area contributed by atoms with Crippen molar-refractivity contribution in [2.75, 3.05) is 6.54 Å². The monoisotopic (exact) mass is 221 g/mol. The van der Waals surface area contributed by atoms with Gasteiger partial charge in [-0.25, -0.2) is 4.39 Å². The molecule has 0 heterocycles. The van der Waals surface area contributed by atoms with Crippen LogP contribution in [-0.4, -0.2) is 18.7 Å². The summed E-state index contributed by atoms with van der Waals surface area (Å²) in [5.41, 5.74) is 0.881. The molecule has 0 atom stereocenters. The Morgan fingerprint density at radius 1 is 1.38 bits per heavy atom. The highest BCUT2D eigenvalue weighted by Crippen LogP contribution is 2.09. The SMILES string of the molecule is CC(=O)NCC=Cc1cc(F)cc(C=O)c1. The van der Waals surface area contributed by atoms with Crippen molar-refractivity contribution in [3.63, 3.8) is 0 Å². The first-order chi connectivity index (χ1) is 7.61. The van der Waals surface area contributed by atoms with Gasteiger partial charge in [0.1, 0.15) is 12.1 Å². The number of hydrogen-bond acceptors (Lipinski definition) is 2. The van der Waals surface area contributed by atoms with E-state index in [0.717, 1.165) is 6.07 Å². The lowest BCUT2D eigenvalue weighted by Crippen LogP contribution is -2.19. The van der Waals surface area contributed by atoms with Crippen LogP contribution < -0.4 is 5.32 Å². The van der Waals surface area contributed by atoms with Crippen LogP contribution in [0.2, 0.25) is 0 Å². The highest BCUT2D eigenvalue weighted by atomic mass is 19.1. The van der Waals surface area contributed by atoms with Crippen LogP contribution in [0, 0.1) is 5.82 Å². The van der Waals surface area contributed by atoms with Gasteiger partial charge in [-0.2, -0.15) is 0 Å². The first-order valence-corrected chi connectivity index (χ1v) is 4.78. The summed E-state index contributed by atoms with van der Waals surface area (Å²) in [7, 11) is 0. The Hall–Kier alpha value is -1.97. The average Bonchev–Trinajstić information content (AvgIpc) is 2.23. The molecule has 0 radical (unpaired) electrons. The third kappa shape index (κ3) is 4.04. The number of halogens is 1. The molecule has 3 nitrogen and oxygen atoms in total. The minimum absolute atomic E-state index is 0.127. The lowest BCUT2D eigenvalue weighted by atomic mass is 10.1. The van der Waals surface area contributed by atoms with Gasteiger partial charge in [0, 0.05) is 19.0 Å². The molecule has 1 N–H and O–H groups in total. The zero-order valence-corrected chi connectivity index (χ0v) is 8.87. The molecule has 0 aromatic heterocycles. The predicted molar refractivity (Wildman–Crippen MR) is 59.5 cm³/mol. The second-order valence-corrected chi connectivity index (χ2v) is 3.28. The summed E-state index contributed by atoms with van der Waals surface area (Å²) in [6.45, 7) is 1.79. The maximum Gasteiger partial charge on any atom is 0.217 e. The molecule has 1 aromatic rings. The molecule has 0 spiro atoms. The van der Waals surface area contributed by atoms with E-state index in [1.54, 1.807) is 18.2 Å². The summed E-state index contributed by atoms with van der Waals surface area (Å²) in [6, 6.07) is 4.05. The Morgan fingerprint density at radius 2 is 2.06 bits per heavy atom. The number of benzene rings is 1. The third-order valence-corrected chi connectivity index (χ3v) is 1.86. The van der Waals surface area contributed by atoms with Crippen molar-refractivity contribution in [2.24, 2.45) is 0 Å². The van der Waals surface area contributed by atoms with E-state index >= 15 is 0 Å². The fraction of sp³-hybridized carbons (Fsp3) is 0.167. The predicted octanol–water partition coefficient (Wildman–Crippen LogP) is 1.79. The number of carbonyl (C=O) groups is 2.